The molecule has 0 aliphatic rings. The summed E-state index contributed by atoms with van der Waals surface area (Å²) in [6, 6.07) is 15.8. The summed E-state index contributed by atoms with van der Waals surface area (Å²) < 4.78 is 0. The number of hydrogen-bond acceptors (Lipinski definition) is 4. The van der Waals surface area contributed by atoms with Crippen LogP contribution >= 0.6 is 0 Å². The molecule has 120 valence electrons. The van der Waals surface area contributed by atoms with Gasteiger partial charge in [0.1, 0.15) is 6.07 Å². The van der Waals surface area contributed by atoms with Gasteiger partial charge in [-0.25, -0.2) is 0 Å². The molecule has 0 heterocycles. The number of carbonyl (C=O) groups is 1. The van der Waals surface area contributed by atoms with Gasteiger partial charge in [0.05, 0.1) is 5.57 Å². The van der Waals surface area contributed by atoms with E-state index in [-0.39, 0.29) is 29.3 Å². The van der Waals surface area contributed by atoms with Gasteiger partial charge >= 0.3 is 0 Å². The highest BCUT2D eigenvalue weighted by Crippen LogP contribution is 2.26. The molecule has 0 aliphatic heterocycles. The van der Waals surface area contributed by atoms with Crippen molar-refractivity contribution in [1.82, 2.24) is 0 Å². The minimum absolute atomic E-state index is 0.0215. The van der Waals surface area contributed by atoms with Crippen LogP contribution in [0.3, 0.4) is 0 Å². The Morgan fingerprint density at radius 1 is 1.04 bits per heavy atom. The third kappa shape index (κ3) is 4.85. The van der Waals surface area contributed by atoms with Crippen molar-refractivity contribution in [2.75, 3.05) is 0 Å². The van der Waals surface area contributed by atoms with Crippen LogP contribution in [0.2, 0.25) is 0 Å². The monoisotopic (exact) mass is 319 g/mol. The fraction of sp³-hybridized carbons (Fsp3) is 0.100. The lowest BCUT2D eigenvalue weighted by Crippen LogP contribution is -1.99. The van der Waals surface area contributed by atoms with Crippen molar-refractivity contribution in [3.05, 3.63) is 71.3 Å². The predicted molar refractivity (Wildman–Crippen MR) is 93.1 cm³/mol. The first-order valence-corrected chi connectivity index (χ1v) is 7.48. The lowest BCUT2D eigenvalue weighted by Gasteiger charge is -2.00. The smallest absolute Gasteiger partial charge is 0.173 e. The number of ketones is 1. The Morgan fingerprint density at radius 3 is 2.46 bits per heavy atom. The summed E-state index contributed by atoms with van der Waals surface area (Å²) in [7, 11) is 0. The van der Waals surface area contributed by atoms with E-state index in [0.717, 1.165) is 5.56 Å². The average Bonchev–Trinajstić information content (AvgIpc) is 2.60. The zero-order valence-electron chi connectivity index (χ0n) is 13.0. The maximum absolute atomic E-state index is 12.1. The molecular weight excluding hydrogens is 302 g/mol. The van der Waals surface area contributed by atoms with Crippen molar-refractivity contribution >= 4 is 17.9 Å². The summed E-state index contributed by atoms with van der Waals surface area (Å²) in [6.45, 7) is 0. The Hall–Kier alpha value is -3.32. The highest BCUT2D eigenvalue weighted by atomic mass is 16.3. The molecule has 0 aliphatic carbocycles. The molecule has 0 atom stereocenters. The predicted octanol–water partition coefficient (Wildman–Crippen LogP) is 4.07. The van der Waals surface area contributed by atoms with Crippen molar-refractivity contribution < 1.29 is 15.0 Å². The van der Waals surface area contributed by atoms with Gasteiger partial charge in [-0.1, -0.05) is 48.6 Å². The molecule has 0 fully saturated rings. The molecule has 0 amide bonds. The van der Waals surface area contributed by atoms with E-state index in [9.17, 15) is 15.0 Å². The summed E-state index contributed by atoms with van der Waals surface area (Å²) >= 11 is 0. The molecule has 0 bridgehead atoms. The number of phenols is 2. The Kier molecular flexibility index (Phi) is 5.93. The molecule has 2 N–H and O–H groups in total. The molecule has 4 nitrogen and oxygen atoms in total. The number of nitriles is 1. The summed E-state index contributed by atoms with van der Waals surface area (Å²) in [5.41, 5.74) is 1.56. The lowest BCUT2D eigenvalue weighted by atomic mass is 10.0. The van der Waals surface area contributed by atoms with Gasteiger partial charge in [-0.05, 0) is 35.8 Å². The molecule has 4 heteroatoms. The van der Waals surface area contributed by atoms with Gasteiger partial charge in [0, 0.05) is 6.42 Å². The van der Waals surface area contributed by atoms with Crippen molar-refractivity contribution in [1.29, 1.82) is 5.26 Å². The number of Topliss-reactive ketones (excluding diaryl/α,β-unsaturated/α-hetero) is 1. The minimum Gasteiger partial charge on any atom is -0.504 e. The fourth-order valence-corrected chi connectivity index (χ4v) is 2.10. The van der Waals surface area contributed by atoms with E-state index in [1.54, 1.807) is 0 Å². The molecule has 2 rings (SSSR count). The van der Waals surface area contributed by atoms with Crippen LogP contribution in [-0.2, 0) is 4.79 Å². The fourth-order valence-electron chi connectivity index (χ4n) is 2.10. The van der Waals surface area contributed by atoms with Gasteiger partial charge in [-0.15, -0.1) is 0 Å². The van der Waals surface area contributed by atoms with E-state index in [0.29, 0.717) is 12.0 Å². The van der Waals surface area contributed by atoms with E-state index >= 15 is 0 Å². The van der Waals surface area contributed by atoms with E-state index in [4.69, 9.17) is 5.26 Å². The second-order valence-corrected chi connectivity index (χ2v) is 5.19. The zero-order chi connectivity index (χ0) is 17.4. The molecule has 2 aromatic carbocycles. The molecule has 2 aromatic rings. The van der Waals surface area contributed by atoms with E-state index in [1.165, 1.54) is 24.3 Å². The number of rotatable bonds is 6. The largest absolute Gasteiger partial charge is 0.504 e. The normalized spacial score (nSPS) is 11.4. The van der Waals surface area contributed by atoms with Crippen LogP contribution in [0.1, 0.15) is 24.0 Å². The van der Waals surface area contributed by atoms with Crippen molar-refractivity contribution in [2.45, 2.75) is 12.8 Å². The quantitative estimate of drug-likeness (QED) is 0.478. The molecule has 0 saturated carbocycles. The van der Waals surface area contributed by atoms with Gasteiger partial charge in [0.15, 0.2) is 17.3 Å². The SMILES string of the molecule is N#C/C(=C\c1ccc(O)c(O)c1)C(=O)CC/C=C/c1ccccc1. The number of benzene rings is 2. The number of phenolic OH excluding ortho intramolecular Hbond substituents is 2. The van der Waals surface area contributed by atoms with Gasteiger partial charge < -0.3 is 10.2 Å². The number of nitrogens with zero attached hydrogens (tertiary/aromatic N) is 1. The topological polar surface area (TPSA) is 81.3 Å². The Morgan fingerprint density at radius 2 is 1.79 bits per heavy atom. The van der Waals surface area contributed by atoms with Crippen LogP contribution in [0, 0.1) is 11.3 Å². The third-order valence-electron chi connectivity index (χ3n) is 3.38. The summed E-state index contributed by atoms with van der Waals surface area (Å²) in [5.74, 6) is -0.801. The van der Waals surface area contributed by atoms with Gasteiger partial charge in [-0.2, -0.15) is 5.26 Å². The van der Waals surface area contributed by atoms with Crippen LogP contribution in [0.4, 0.5) is 0 Å². The van der Waals surface area contributed by atoms with Crippen LogP contribution in [0.5, 0.6) is 11.5 Å². The first kappa shape index (κ1) is 17.0. The summed E-state index contributed by atoms with van der Waals surface area (Å²) in [4.78, 5) is 12.1. The molecule has 0 aromatic heterocycles. The Labute approximate surface area is 140 Å². The van der Waals surface area contributed by atoms with Crippen LogP contribution in [0.25, 0.3) is 12.2 Å². The van der Waals surface area contributed by atoms with E-state index < -0.39 is 0 Å². The van der Waals surface area contributed by atoms with Crippen LogP contribution in [0.15, 0.2) is 60.2 Å². The molecule has 0 saturated heterocycles. The second-order valence-electron chi connectivity index (χ2n) is 5.19. The van der Waals surface area contributed by atoms with Crippen LogP contribution in [-0.4, -0.2) is 16.0 Å². The second kappa shape index (κ2) is 8.35. The lowest BCUT2D eigenvalue weighted by molar-refractivity contribution is -0.115. The number of allylic oxidation sites excluding steroid dienone is 2. The van der Waals surface area contributed by atoms with Crippen molar-refractivity contribution in [3.63, 3.8) is 0 Å². The maximum Gasteiger partial charge on any atom is 0.173 e. The van der Waals surface area contributed by atoms with Crippen LogP contribution < -0.4 is 0 Å². The molecule has 0 radical (unpaired) electrons. The van der Waals surface area contributed by atoms with Crippen molar-refractivity contribution in [3.8, 4) is 17.6 Å². The standard InChI is InChI=1S/C20H17NO3/c21-14-17(12-16-10-11-19(23)20(24)13-16)18(22)9-5-4-8-15-6-2-1-3-7-15/h1-4,6-8,10-13,23-24H,5,9H2/b8-4+,17-12+. The summed E-state index contributed by atoms with van der Waals surface area (Å²) in [5, 5.41) is 27.9. The van der Waals surface area contributed by atoms with Gasteiger partial charge in [-0.3, -0.25) is 4.79 Å². The van der Waals surface area contributed by atoms with Gasteiger partial charge in [0.2, 0.25) is 0 Å². The molecule has 0 unspecified atom stereocenters. The Balaban J connectivity index is 1.98. The van der Waals surface area contributed by atoms with E-state index in [1.807, 2.05) is 48.6 Å². The zero-order valence-corrected chi connectivity index (χ0v) is 13.0. The first-order valence-electron chi connectivity index (χ1n) is 7.48. The van der Waals surface area contributed by atoms with Crippen molar-refractivity contribution in [2.24, 2.45) is 0 Å². The number of hydrogen-bond donors (Lipinski definition) is 2. The number of carbonyl (C=O) groups excluding carboxylic acids is 1. The van der Waals surface area contributed by atoms with Gasteiger partial charge in [0.25, 0.3) is 0 Å². The third-order valence-corrected chi connectivity index (χ3v) is 3.38. The van der Waals surface area contributed by atoms with E-state index in [2.05, 4.69) is 0 Å². The summed E-state index contributed by atoms with van der Waals surface area (Å²) in [6.07, 6.45) is 6.00. The molecular formula is C20H17NO3. The Bertz CT molecular complexity index is 815. The highest BCUT2D eigenvalue weighted by Gasteiger charge is 2.09. The molecule has 24 heavy (non-hydrogen) atoms. The molecule has 0 spiro atoms. The first-order chi connectivity index (χ1) is 11.6. The maximum atomic E-state index is 12.1. The minimum atomic E-state index is -0.292. The number of aromatic hydroxyl groups is 2. The highest BCUT2D eigenvalue weighted by molar-refractivity contribution is 6.03. The average molecular weight is 319 g/mol.